The van der Waals surface area contributed by atoms with E-state index < -0.39 is 0 Å². The fourth-order valence-electron chi connectivity index (χ4n) is 2.59. The lowest BCUT2D eigenvalue weighted by molar-refractivity contribution is 0.422. The molecule has 1 aromatic rings. The molecule has 0 radical (unpaired) electrons. The molecule has 0 spiro atoms. The second-order valence-electron chi connectivity index (χ2n) is 5.84. The third-order valence-corrected chi connectivity index (χ3v) is 3.97. The molecule has 1 aliphatic carbocycles. The zero-order chi connectivity index (χ0) is 12.6. The van der Waals surface area contributed by atoms with Gasteiger partial charge in [0.1, 0.15) is 5.82 Å². The van der Waals surface area contributed by atoms with Gasteiger partial charge in [-0.2, -0.15) is 0 Å². The Bertz CT molecular complexity index is 411. The summed E-state index contributed by atoms with van der Waals surface area (Å²) in [7, 11) is 0. The molecule has 2 atom stereocenters. The summed E-state index contributed by atoms with van der Waals surface area (Å²) in [5.74, 6) is 0.536. The summed E-state index contributed by atoms with van der Waals surface area (Å²) in [5, 5.41) is 3.50. The molecule has 2 rings (SSSR count). The van der Waals surface area contributed by atoms with Crippen LogP contribution in [0.25, 0.3) is 0 Å². The minimum Gasteiger partial charge on any atom is -0.310 e. The van der Waals surface area contributed by atoms with E-state index in [9.17, 15) is 4.39 Å². The zero-order valence-corrected chi connectivity index (χ0v) is 11.2. The van der Waals surface area contributed by atoms with Crippen molar-refractivity contribution in [3.63, 3.8) is 0 Å². The van der Waals surface area contributed by atoms with Crippen molar-refractivity contribution < 1.29 is 4.39 Å². The average Bonchev–Trinajstić information content (AvgIpc) is 2.88. The fraction of sp³-hybridized carbons (Fsp3) is 0.600. The van der Waals surface area contributed by atoms with Crippen molar-refractivity contribution in [2.75, 3.05) is 6.54 Å². The number of halogens is 1. The van der Waals surface area contributed by atoms with Crippen LogP contribution in [-0.4, -0.2) is 6.54 Å². The van der Waals surface area contributed by atoms with Crippen molar-refractivity contribution in [2.45, 2.75) is 40.2 Å². The molecule has 1 nitrogen and oxygen atoms in total. The van der Waals surface area contributed by atoms with Crippen LogP contribution in [0.2, 0.25) is 0 Å². The monoisotopic (exact) mass is 235 g/mol. The topological polar surface area (TPSA) is 12.0 Å². The number of hydrogen-bond donors (Lipinski definition) is 1. The smallest absolute Gasteiger partial charge is 0.126 e. The van der Waals surface area contributed by atoms with E-state index in [0.29, 0.717) is 17.4 Å². The van der Waals surface area contributed by atoms with E-state index >= 15 is 0 Å². The number of aryl methyl sites for hydroxylation is 1. The maximum absolute atomic E-state index is 13.6. The Balaban J connectivity index is 2.24. The third kappa shape index (κ3) is 2.52. The van der Waals surface area contributed by atoms with E-state index in [0.717, 1.165) is 17.7 Å². The summed E-state index contributed by atoms with van der Waals surface area (Å²) >= 11 is 0. The van der Waals surface area contributed by atoms with Crippen molar-refractivity contribution in [3.8, 4) is 0 Å². The molecule has 0 bridgehead atoms. The van der Waals surface area contributed by atoms with Gasteiger partial charge in [-0.1, -0.05) is 32.9 Å². The summed E-state index contributed by atoms with van der Waals surface area (Å²) in [6, 6.07) is 5.92. The maximum Gasteiger partial charge on any atom is 0.126 e. The summed E-state index contributed by atoms with van der Waals surface area (Å²) in [5.41, 5.74) is 2.21. The van der Waals surface area contributed by atoms with Gasteiger partial charge in [0.05, 0.1) is 0 Å². The molecule has 94 valence electrons. The van der Waals surface area contributed by atoms with Gasteiger partial charge in [-0.15, -0.1) is 0 Å². The highest BCUT2D eigenvalue weighted by molar-refractivity contribution is 5.28. The van der Waals surface area contributed by atoms with Crippen molar-refractivity contribution in [1.29, 1.82) is 0 Å². The second-order valence-corrected chi connectivity index (χ2v) is 5.84. The molecule has 1 fully saturated rings. The molecule has 0 aliphatic heterocycles. The highest BCUT2D eigenvalue weighted by Gasteiger charge is 2.50. The van der Waals surface area contributed by atoms with Gasteiger partial charge < -0.3 is 5.32 Å². The SMILES string of the molecule is CCNC(c1ccc(C)c(F)c1)C1CC1(C)C. The van der Waals surface area contributed by atoms with E-state index in [2.05, 4.69) is 32.2 Å². The van der Waals surface area contributed by atoms with E-state index in [1.54, 1.807) is 6.07 Å². The summed E-state index contributed by atoms with van der Waals surface area (Å²) in [6.45, 7) is 9.40. The molecule has 1 saturated carbocycles. The Morgan fingerprint density at radius 2 is 2.12 bits per heavy atom. The molecule has 0 heterocycles. The summed E-state index contributed by atoms with van der Waals surface area (Å²) < 4.78 is 13.6. The van der Waals surface area contributed by atoms with Crippen molar-refractivity contribution >= 4 is 0 Å². The van der Waals surface area contributed by atoms with Crippen LogP contribution in [0.15, 0.2) is 18.2 Å². The van der Waals surface area contributed by atoms with Crippen LogP contribution >= 0.6 is 0 Å². The van der Waals surface area contributed by atoms with Crippen LogP contribution in [0.5, 0.6) is 0 Å². The lowest BCUT2D eigenvalue weighted by atomic mass is 9.96. The molecule has 2 heteroatoms. The largest absolute Gasteiger partial charge is 0.310 e. The Morgan fingerprint density at radius 1 is 1.47 bits per heavy atom. The third-order valence-electron chi connectivity index (χ3n) is 3.97. The summed E-state index contributed by atoms with van der Waals surface area (Å²) in [4.78, 5) is 0. The number of nitrogens with one attached hydrogen (secondary N) is 1. The average molecular weight is 235 g/mol. The lowest BCUT2D eigenvalue weighted by Gasteiger charge is -2.20. The van der Waals surface area contributed by atoms with E-state index in [4.69, 9.17) is 0 Å². The molecule has 0 amide bonds. The second kappa shape index (κ2) is 4.41. The normalized spacial score (nSPS) is 23.5. The van der Waals surface area contributed by atoms with Gasteiger partial charge in [-0.05, 0) is 48.4 Å². The van der Waals surface area contributed by atoms with E-state index in [1.165, 1.54) is 6.42 Å². The minimum atomic E-state index is -0.0936. The summed E-state index contributed by atoms with van der Waals surface area (Å²) in [6.07, 6.45) is 1.22. The van der Waals surface area contributed by atoms with Crippen molar-refractivity contribution in [2.24, 2.45) is 11.3 Å². The van der Waals surface area contributed by atoms with Crippen LogP contribution < -0.4 is 5.32 Å². The molecule has 1 N–H and O–H groups in total. The Kier molecular flexibility index (Phi) is 3.26. The fourth-order valence-corrected chi connectivity index (χ4v) is 2.59. The maximum atomic E-state index is 13.6. The first-order chi connectivity index (χ1) is 7.95. The standard InChI is InChI=1S/C15H22FN/c1-5-17-14(12-9-15(12,3)4)11-7-6-10(2)13(16)8-11/h6-8,12,14,17H,5,9H2,1-4H3. The Labute approximate surface area is 103 Å². The molecule has 17 heavy (non-hydrogen) atoms. The van der Waals surface area contributed by atoms with Crippen molar-refractivity contribution in [3.05, 3.63) is 35.1 Å². The van der Waals surface area contributed by atoms with Crippen molar-refractivity contribution in [1.82, 2.24) is 5.32 Å². The molecule has 2 unspecified atom stereocenters. The zero-order valence-electron chi connectivity index (χ0n) is 11.2. The number of hydrogen-bond acceptors (Lipinski definition) is 1. The van der Waals surface area contributed by atoms with E-state index in [1.807, 2.05) is 13.0 Å². The van der Waals surface area contributed by atoms with Gasteiger partial charge in [0.25, 0.3) is 0 Å². The molecular formula is C15H22FN. The van der Waals surface area contributed by atoms with Gasteiger partial charge >= 0.3 is 0 Å². The highest BCUT2D eigenvalue weighted by atomic mass is 19.1. The molecule has 0 saturated heterocycles. The van der Waals surface area contributed by atoms with Gasteiger partial charge in [0, 0.05) is 6.04 Å². The molecule has 0 aromatic heterocycles. The van der Waals surface area contributed by atoms with E-state index in [-0.39, 0.29) is 5.82 Å². The Morgan fingerprint density at radius 3 is 2.59 bits per heavy atom. The number of rotatable bonds is 4. The first-order valence-corrected chi connectivity index (χ1v) is 6.45. The predicted octanol–water partition coefficient (Wildman–Crippen LogP) is 3.83. The van der Waals surface area contributed by atoms with Gasteiger partial charge in [-0.3, -0.25) is 0 Å². The number of benzene rings is 1. The van der Waals surface area contributed by atoms with Crippen LogP contribution in [0.3, 0.4) is 0 Å². The lowest BCUT2D eigenvalue weighted by Crippen LogP contribution is -2.24. The van der Waals surface area contributed by atoms with Crippen LogP contribution in [-0.2, 0) is 0 Å². The quantitative estimate of drug-likeness (QED) is 0.836. The van der Waals surface area contributed by atoms with Crippen LogP contribution in [0.1, 0.15) is 44.4 Å². The van der Waals surface area contributed by atoms with Crippen LogP contribution in [0, 0.1) is 24.1 Å². The highest BCUT2D eigenvalue weighted by Crippen LogP contribution is 2.57. The van der Waals surface area contributed by atoms with Gasteiger partial charge in [-0.25, -0.2) is 4.39 Å². The minimum absolute atomic E-state index is 0.0936. The van der Waals surface area contributed by atoms with Crippen LogP contribution in [0.4, 0.5) is 4.39 Å². The molecule has 1 aromatic carbocycles. The first-order valence-electron chi connectivity index (χ1n) is 6.45. The molecular weight excluding hydrogens is 213 g/mol. The first kappa shape index (κ1) is 12.6. The predicted molar refractivity (Wildman–Crippen MR) is 69.4 cm³/mol. The molecule has 1 aliphatic rings. The Hall–Kier alpha value is -0.890. The van der Waals surface area contributed by atoms with Gasteiger partial charge in [0.15, 0.2) is 0 Å². The van der Waals surface area contributed by atoms with Gasteiger partial charge in [0.2, 0.25) is 0 Å².